The molecule has 15 heavy (non-hydrogen) atoms. The summed E-state index contributed by atoms with van der Waals surface area (Å²) in [5.74, 6) is 1.49. The lowest BCUT2D eigenvalue weighted by atomic mass is 9.92. The smallest absolute Gasteiger partial charge is 0.119 e. The van der Waals surface area contributed by atoms with Crippen molar-refractivity contribution in [1.29, 1.82) is 0 Å². The normalized spacial score (nSPS) is 12.2. The van der Waals surface area contributed by atoms with Crippen LogP contribution in [-0.2, 0) is 6.42 Å². The summed E-state index contributed by atoms with van der Waals surface area (Å²) in [6.07, 6.45) is 4.06. The Labute approximate surface area is 92.8 Å². The van der Waals surface area contributed by atoms with E-state index in [2.05, 4.69) is 32.6 Å². The van der Waals surface area contributed by atoms with Gasteiger partial charge in [0.25, 0.3) is 0 Å². The molecule has 0 aliphatic carbocycles. The van der Waals surface area contributed by atoms with Crippen molar-refractivity contribution >= 4 is 0 Å². The highest BCUT2D eigenvalue weighted by Crippen LogP contribution is 2.27. The molecular formula is C14H20O. The molecular weight excluding hydrogens is 184 g/mol. The van der Waals surface area contributed by atoms with Gasteiger partial charge in [-0.2, -0.15) is 0 Å². The maximum absolute atomic E-state index is 5.23. The fourth-order valence-electron chi connectivity index (χ4n) is 1.87. The van der Waals surface area contributed by atoms with E-state index in [0.717, 1.165) is 18.6 Å². The van der Waals surface area contributed by atoms with E-state index in [1.807, 2.05) is 12.1 Å². The van der Waals surface area contributed by atoms with Gasteiger partial charge in [0, 0.05) is 0 Å². The molecule has 1 nitrogen and oxygen atoms in total. The molecule has 0 aliphatic heterocycles. The topological polar surface area (TPSA) is 9.23 Å². The number of ether oxygens (including phenoxy) is 1. The van der Waals surface area contributed by atoms with E-state index in [0.29, 0.717) is 5.92 Å². The molecule has 1 aromatic rings. The van der Waals surface area contributed by atoms with E-state index >= 15 is 0 Å². The van der Waals surface area contributed by atoms with Crippen molar-refractivity contribution < 1.29 is 4.74 Å². The first kappa shape index (κ1) is 11.8. The molecule has 0 radical (unpaired) electrons. The van der Waals surface area contributed by atoms with Gasteiger partial charge in [-0.25, -0.2) is 0 Å². The largest absolute Gasteiger partial charge is 0.497 e. The minimum absolute atomic E-state index is 0.545. The van der Waals surface area contributed by atoms with Gasteiger partial charge in [-0.3, -0.25) is 0 Å². The lowest BCUT2D eigenvalue weighted by Crippen LogP contribution is -1.98. The van der Waals surface area contributed by atoms with Crippen molar-refractivity contribution in [3.8, 4) is 5.75 Å². The lowest BCUT2D eigenvalue weighted by Gasteiger charge is -2.15. The van der Waals surface area contributed by atoms with Gasteiger partial charge in [0.2, 0.25) is 0 Å². The molecule has 0 fully saturated rings. The molecule has 0 aromatic heterocycles. The molecule has 0 heterocycles. The summed E-state index contributed by atoms with van der Waals surface area (Å²) in [6, 6.07) is 6.34. The Morgan fingerprint density at radius 2 is 2.20 bits per heavy atom. The summed E-state index contributed by atoms with van der Waals surface area (Å²) in [7, 11) is 1.71. The number of methoxy groups -OCH3 is 1. The second-order valence-electron chi connectivity index (χ2n) is 3.84. The van der Waals surface area contributed by atoms with E-state index in [-0.39, 0.29) is 0 Å². The zero-order valence-corrected chi connectivity index (χ0v) is 9.92. The molecule has 0 amide bonds. The Hall–Kier alpha value is -1.24. The lowest BCUT2D eigenvalue weighted by molar-refractivity contribution is 0.414. The van der Waals surface area contributed by atoms with Gasteiger partial charge in [0.15, 0.2) is 0 Å². The summed E-state index contributed by atoms with van der Waals surface area (Å²) in [5, 5.41) is 0. The summed E-state index contributed by atoms with van der Waals surface area (Å²) in [4.78, 5) is 0. The van der Waals surface area contributed by atoms with Crippen LogP contribution in [0, 0.1) is 0 Å². The van der Waals surface area contributed by atoms with Crippen molar-refractivity contribution in [2.75, 3.05) is 7.11 Å². The standard InChI is InChI=1S/C14H20O/c1-5-7-11(3)14-9-8-13(15-4)10-12(14)6-2/h5,8-11H,1,6-7H2,2-4H3. The van der Waals surface area contributed by atoms with Crippen LogP contribution < -0.4 is 4.74 Å². The maximum atomic E-state index is 5.23. The molecule has 0 saturated carbocycles. The zero-order valence-electron chi connectivity index (χ0n) is 9.92. The number of aryl methyl sites for hydroxylation is 1. The van der Waals surface area contributed by atoms with Gasteiger partial charge < -0.3 is 4.74 Å². The van der Waals surface area contributed by atoms with Crippen molar-refractivity contribution in [3.63, 3.8) is 0 Å². The number of hydrogen-bond donors (Lipinski definition) is 0. The van der Waals surface area contributed by atoms with Crippen molar-refractivity contribution in [2.45, 2.75) is 32.6 Å². The number of benzene rings is 1. The fourth-order valence-corrected chi connectivity index (χ4v) is 1.87. The predicted octanol–water partition coefficient (Wildman–Crippen LogP) is 3.94. The molecule has 0 N–H and O–H groups in total. The Balaban J connectivity index is 3.01. The second-order valence-corrected chi connectivity index (χ2v) is 3.84. The van der Waals surface area contributed by atoms with E-state index in [1.54, 1.807) is 7.11 Å². The second kappa shape index (κ2) is 5.59. The highest BCUT2D eigenvalue weighted by Gasteiger charge is 2.09. The first-order chi connectivity index (χ1) is 7.22. The Morgan fingerprint density at radius 3 is 2.73 bits per heavy atom. The molecule has 1 heteroatoms. The summed E-state index contributed by atoms with van der Waals surface area (Å²) >= 11 is 0. The van der Waals surface area contributed by atoms with Crippen LogP contribution in [0.3, 0.4) is 0 Å². The van der Waals surface area contributed by atoms with Gasteiger partial charge in [-0.1, -0.05) is 26.0 Å². The summed E-state index contributed by atoms with van der Waals surface area (Å²) in [6.45, 7) is 8.21. The molecule has 1 unspecified atom stereocenters. The van der Waals surface area contributed by atoms with Gasteiger partial charge in [0.05, 0.1) is 7.11 Å². The first-order valence-electron chi connectivity index (χ1n) is 5.50. The zero-order chi connectivity index (χ0) is 11.3. The van der Waals surface area contributed by atoms with Crippen molar-refractivity contribution in [3.05, 3.63) is 42.0 Å². The minimum atomic E-state index is 0.545. The molecule has 1 rings (SSSR count). The van der Waals surface area contributed by atoms with Gasteiger partial charge in [0.1, 0.15) is 5.75 Å². The van der Waals surface area contributed by atoms with Gasteiger partial charge in [-0.05, 0) is 42.0 Å². The Bertz CT molecular complexity index is 328. The SMILES string of the molecule is C=CCC(C)c1ccc(OC)cc1CC. The van der Waals surface area contributed by atoms with Crippen LogP contribution in [0.1, 0.15) is 37.3 Å². The van der Waals surface area contributed by atoms with Crippen LogP contribution in [-0.4, -0.2) is 7.11 Å². The number of hydrogen-bond acceptors (Lipinski definition) is 1. The van der Waals surface area contributed by atoms with Crippen LogP contribution in [0.5, 0.6) is 5.75 Å². The average Bonchev–Trinajstić information content (AvgIpc) is 2.28. The van der Waals surface area contributed by atoms with E-state index in [1.165, 1.54) is 11.1 Å². The Kier molecular flexibility index (Phi) is 4.41. The molecule has 1 aromatic carbocycles. The van der Waals surface area contributed by atoms with Crippen LogP contribution >= 0.6 is 0 Å². The minimum Gasteiger partial charge on any atom is -0.497 e. The highest BCUT2D eigenvalue weighted by atomic mass is 16.5. The van der Waals surface area contributed by atoms with E-state index in [4.69, 9.17) is 4.74 Å². The molecule has 0 spiro atoms. The molecule has 82 valence electrons. The van der Waals surface area contributed by atoms with Crippen LogP contribution in [0.25, 0.3) is 0 Å². The first-order valence-corrected chi connectivity index (χ1v) is 5.50. The number of allylic oxidation sites excluding steroid dienone is 1. The number of rotatable bonds is 5. The molecule has 0 bridgehead atoms. The molecule has 0 aliphatic rings. The average molecular weight is 204 g/mol. The van der Waals surface area contributed by atoms with E-state index < -0.39 is 0 Å². The fraction of sp³-hybridized carbons (Fsp3) is 0.429. The third-order valence-electron chi connectivity index (χ3n) is 2.78. The summed E-state index contributed by atoms with van der Waals surface area (Å²) < 4.78 is 5.23. The van der Waals surface area contributed by atoms with Crippen LogP contribution in [0.15, 0.2) is 30.9 Å². The Morgan fingerprint density at radius 1 is 1.47 bits per heavy atom. The third kappa shape index (κ3) is 2.85. The van der Waals surface area contributed by atoms with Crippen molar-refractivity contribution in [2.24, 2.45) is 0 Å². The van der Waals surface area contributed by atoms with E-state index in [9.17, 15) is 0 Å². The highest BCUT2D eigenvalue weighted by molar-refractivity contribution is 5.37. The third-order valence-corrected chi connectivity index (χ3v) is 2.78. The monoisotopic (exact) mass is 204 g/mol. The summed E-state index contributed by atoms with van der Waals surface area (Å²) in [5.41, 5.74) is 2.79. The van der Waals surface area contributed by atoms with Gasteiger partial charge in [-0.15, -0.1) is 6.58 Å². The maximum Gasteiger partial charge on any atom is 0.119 e. The van der Waals surface area contributed by atoms with Crippen molar-refractivity contribution in [1.82, 2.24) is 0 Å². The molecule has 0 saturated heterocycles. The van der Waals surface area contributed by atoms with Crippen LogP contribution in [0.2, 0.25) is 0 Å². The quantitative estimate of drug-likeness (QED) is 0.660. The van der Waals surface area contributed by atoms with Crippen LogP contribution in [0.4, 0.5) is 0 Å². The molecule has 1 atom stereocenters. The van der Waals surface area contributed by atoms with Gasteiger partial charge >= 0.3 is 0 Å². The predicted molar refractivity (Wildman–Crippen MR) is 65.6 cm³/mol.